The molecule has 0 atom stereocenters. The fraction of sp³-hybridized carbons (Fsp3) is 0.261. The quantitative estimate of drug-likeness (QED) is 0.611. The Morgan fingerprint density at radius 2 is 2.10 bits per heavy atom. The molecule has 0 unspecified atom stereocenters. The number of aromatic nitrogens is 1. The van der Waals surface area contributed by atoms with Gasteiger partial charge in [0, 0.05) is 42.7 Å². The molecule has 2 heterocycles. The third kappa shape index (κ3) is 4.55. The monoisotopic (exact) mass is 452 g/mol. The summed E-state index contributed by atoms with van der Waals surface area (Å²) in [5, 5.41) is 14.0. The molecule has 0 bridgehead atoms. The first-order valence-electron chi connectivity index (χ1n) is 9.87. The van der Waals surface area contributed by atoms with Gasteiger partial charge in [0.1, 0.15) is 5.75 Å². The van der Waals surface area contributed by atoms with E-state index >= 15 is 0 Å². The van der Waals surface area contributed by atoms with Crippen molar-refractivity contribution in [2.75, 3.05) is 37.0 Å². The summed E-state index contributed by atoms with van der Waals surface area (Å²) >= 11 is 8.12. The molecule has 0 saturated carbocycles. The molecule has 6 nitrogen and oxygen atoms in total. The Bertz CT molecular complexity index is 1170. The molecule has 158 valence electrons. The molecule has 8 heteroatoms. The number of nitrogens with zero attached hydrogens (tertiary/aromatic N) is 3. The van der Waals surface area contributed by atoms with Crippen molar-refractivity contribution in [3.05, 3.63) is 64.3 Å². The Kier molecular flexibility index (Phi) is 6.50. The van der Waals surface area contributed by atoms with Gasteiger partial charge in [-0.1, -0.05) is 17.7 Å². The van der Waals surface area contributed by atoms with Gasteiger partial charge in [-0.05, 0) is 35.9 Å². The smallest absolute Gasteiger partial charge is 0.257 e. The van der Waals surface area contributed by atoms with Crippen LogP contribution in [0.1, 0.15) is 21.5 Å². The Morgan fingerprint density at radius 3 is 2.81 bits per heavy atom. The highest BCUT2D eigenvalue weighted by atomic mass is 35.5. The van der Waals surface area contributed by atoms with Crippen molar-refractivity contribution in [1.82, 2.24) is 9.88 Å². The summed E-state index contributed by atoms with van der Waals surface area (Å²) < 4.78 is 5.22. The average Bonchev–Trinajstić information content (AvgIpc) is 2.82. The van der Waals surface area contributed by atoms with Crippen LogP contribution in [0.5, 0.6) is 5.75 Å². The number of hydrogen-bond donors (Lipinski definition) is 1. The molecule has 0 radical (unpaired) electrons. The molecule has 1 N–H and O–H groups in total. The lowest BCUT2D eigenvalue weighted by molar-refractivity contribution is 0.0773. The van der Waals surface area contributed by atoms with E-state index in [4.69, 9.17) is 16.3 Å². The molecule has 0 spiro atoms. The molecule has 1 aliphatic rings. The highest BCUT2D eigenvalue weighted by Gasteiger charge is 2.23. The van der Waals surface area contributed by atoms with Crippen molar-refractivity contribution in [3.63, 3.8) is 0 Å². The number of rotatable bonds is 5. The molecule has 1 aliphatic heterocycles. The SMILES string of the molecule is COc1ccc(CNc2c(C(=O)N3CCSCC3)cnc3ccc(C#N)cc23)cc1Cl. The number of fused-ring (bicyclic) bond motifs is 1. The zero-order valence-electron chi connectivity index (χ0n) is 17.0. The summed E-state index contributed by atoms with van der Waals surface area (Å²) in [7, 11) is 1.58. The van der Waals surface area contributed by atoms with E-state index in [-0.39, 0.29) is 5.91 Å². The highest BCUT2D eigenvalue weighted by molar-refractivity contribution is 7.99. The number of carbonyl (C=O) groups excluding carboxylic acids is 1. The number of hydrogen-bond acceptors (Lipinski definition) is 6. The third-order valence-electron chi connectivity index (χ3n) is 5.21. The minimum atomic E-state index is -0.0488. The molecule has 1 amide bonds. The van der Waals surface area contributed by atoms with Crippen LogP contribution in [0.2, 0.25) is 5.02 Å². The van der Waals surface area contributed by atoms with Crippen LogP contribution >= 0.6 is 23.4 Å². The Morgan fingerprint density at radius 1 is 1.29 bits per heavy atom. The first-order valence-corrected chi connectivity index (χ1v) is 11.4. The van der Waals surface area contributed by atoms with Crippen molar-refractivity contribution in [1.29, 1.82) is 5.26 Å². The predicted molar refractivity (Wildman–Crippen MR) is 125 cm³/mol. The zero-order valence-corrected chi connectivity index (χ0v) is 18.6. The maximum Gasteiger partial charge on any atom is 0.257 e. The Labute approximate surface area is 190 Å². The second kappa shape index (κ2) is 9.46. The molecule has 2 aromatic carbocycles. The van der Waals surface area contributed by atoms with E-state index in [0.29, 0.717) is 47.2 Å². The summed E-state index contributed by atoms with van der Waals surface area (Å²) in [5.74, 6) is 2.42. The first-order chi connectivity index (χ1) is 15.1. The van der Waals surface area contributed by atoms with Gasteiger partial charge in [-0.25, -0.2) is 0 Å². The number of nitrogens with one attached hydrogen (secondary N) is 1. The van der Waals surface area contributed by atoms with Crippen LogP contribution in [-0.4, -0.2) is 47.5 Å². The summed E-state index contributed by atoms with van der Waals surface area (Å²) in [4.78, 5) is 19.7. The average molecular weight is 453 g/mol. The fourth-order valence-corrected chi connectivity index (χ4v) is 4.75. The molecule has 4 rings (SSSR count). The summed E-state index contributed by atoms with van der Waals surface area (Å²) in [6.45, 7) is 1.89. The summed E-state index contributed by atoms with van der Waals surface area (Å²) in [6.07, 6.45) is 1.63. The lowest BCUT2D eigenvalue weighted by Crippen LogP contribution is -2.38. The topological polar surface area (TPSA) is 78.2 Å². The fourth-order valence-electron chi connectivity index (χ4n) is 3.56. The van der Waals surface area contributed by atoms with E-state index in [2.05, 4.69) is 16.4 Å². The zero-order chi connectivity index (χ0) is 21.8. The number of benzene rings is 2. The number of amides is 1. The molecule has 1 saturated heterocycles. The molecule has 3 aromatic rings. The number of methoxy groups -OCH3 is 1. The van der Waals surface area contributed by atoms with Crippen LogP contribution in [0.15, 0.2) is 42.6 Å². The Hall–Kier alpha value is -2.95. The van der Waals surface area contributed by atoms with Crippen molar-refractivity contribution in [2.24, 2.45) is 0 Å². The largest absolute Gasteiger partial charge is 0.495 e. The molecule has 31 heavy (non-hydrogen) atoms. The van der Waals surface area contributed by atoms with Gasteiger partial charge in [0.15, 0.2) is 0 Å². The standard InChI is InChI=1S/C23H21ClN4O2S/c1-30-21-5-3-16(11-19(21)24)13-27-22-17-10-15(12-25)2-4-20(17)26-14-18(22)23(29)28-6-8-31-9-7-28/h2-5,10-11,14H,6-9,13H2,1H3,(H,26,27). The minimum absolute atomic E-state index is 0.0488. The lowest BCUT2D eigenvalue weighted by atomic mass is 10.1. The van der Waals surface area contributed by atoms with E-state index in [1.54, 1.807) is 31.5 Å². The molecular weight excluding hydrogens is 432 g/mol. The minimum Gasteiger partial charge on any atom is -0.495 e. The third-order valence-corrected chi connectivity index (χ3v) is 6.45. The van der Waals surface area contributed by atoms with Gasteiger partial charge in [0.25, 0.3) is 5.91 Å². The van der Waals surface area contributed by atoms with E-state index in [1.807, 2.05) is 34.9 Å². The van der Waals surface area contributed by atoms with Crippen LogP contribution in [0, 0.1) is 11.3 Å². The number of carbonyl (C=O) groups is 1. The van der Waals surface area contributed by atoms with Crippen LogP contribution in [0.25, 0.3) is 10.9 Å². The Balaban J connectivity index is 1.73. The van der Waals surface area contributed by atoms with Gasteiger partial charge in [-0.3, -0.25) is 9.78 Å². The summed E-state index contributed by atoms with van der Waals surface area (Å²) in [6, 6.07) is 13.0. The van der Waals surface area contributed by atoms with Crippen molar-refractivity contribution < 1.29 is 9.53 Å². The molecule has 1 fully saturated rings. The van der Waals surface area contributed by atoms with Gasteiger partial charge in [0.05, 0.1) is 40.5 Å². The van der Waals surface area contributed by atoms with Gasteiger partial charge in [-0.2, -0.15) is 17.0 Å². The van der Waals surface area contributed by atoms with E-state index in [1.165, 1.54) is 0 Å². The van der Waals surface area contributed by atoms with E-state index < -0.39 is 0 Å². The highest BCUT2D eigenvalue weighted by Crippen LogP contribution is 2.30. The number of nitriles is 1. The number of anilines is 1. The van der Waals surface area contributed by atoms with Gasteiger partial charge < -0.3 is 15.0 Å². The van der Waals surface area contributed by atoms with Crippen molar-refractivity contribution >= 4 is 45.9 Å². The first kappa shape index (κ1) is 21.3. The summed E-state index contributed by atoms with van der Waals surface area (Å²) in [5.41, 5.74) is 3.37. The number of thioether (sulfide) groups is 1. The van der Waals surface area contributed by atoms with Gasteiger partial charge >= 0.3 is 0 Å². The van der Waals surface area contributed by atoms with Crippen LogP contribution in [-0.2, 0) is 6.54 Å². The van der Waals surface area contributed by atoms with Crippen LogP contribution in [0.4, 0.5) is 5.69 Å². The van der Waals surface area contributed by atoms with E-state index in [9.17, 15) is 10.1 Å². The second-order valence-corrected chi connectivity index (χ2v) is 8.75. The number of pyridine rings is 1. The van der Waals surface area contributed by atoms with Crippen molar-refractivity contribution in [3.8, 4) is 11.8 Å². The lowest BCUT2D eigenvalue weighted by Gasteiger charge is -2.27. The second-order valence-electron chi connectivity index (χ2n) is 7.12. The molecule has 0 aliphatic carbocycles. The number of ether oxygens (including phenoxy) is 1. The maximum absolute atomic E-state index is 13.3. The number of halogens is 1. The van der Waals surface area contributed by atoms with E-state index in [0.717, 1.165) is 28.0 Å². The molecule has 1 aromatic heterocycles. The van der Waals surface area contributed by atoms with Crippen LogP contribution in [0.3, 0.4) is 0 Å². The molecular formula is C23H21ClN4O2S. The van der Waals surface area contributed by atoms with Crippen LogP contribution < -0.4 is 10.1 Å². The predicted octanol–water partition coefficient (Wildman–Crippen LogP) is 4.57. The maximum atomic E-state index is 13.3. The normalized spacial score (nSPS) is 13.6. The van der Waals surface area contributed by atoms with Gasteiger partial charge in [-0.15, -0.1) is 0 Å². The van der Waals surface area contributed by atoms with Crippen molar-refractivity contribution in [2.45, 2.75) is 6.54 Å². The van der Waals surface area contributed by atoms with Gasteiger partial charge in [0.2, 0.25) is 0 Å².